The molecule has 4 heteroatoms. The van der Waals surface area contributed by atoms with Gasteiger partial charge in [-0.3, -0.25) is 0 Å². The van der Waals surface area contributed by atoms with E-state index < -0.39 is 0 Å². The van der Waals surface area contributed by atoms with Gasteiger partial charge >= 0.3 is 0 Å². The van der Waals surface area contributed by atoms with Crippen LogP contribution in [-0.2, 0) is 25.9 Å². The zero-order valence-electron chi connectivity index (χ0n) is 13.0. The number of aromatic nitrogens is 2. The van der Waals surface area contributed by atoms with E-state index >= 15 is 0 Å². The second-order valence-electron chi connectivity index (χ2n) is 6.39. The Hall–Kier alpha value is -0.870. The maximum Gasteiger partial charge on any atom is 0.108 e. The van der Waals surface area contributed by atoms with Gasteiger partial charge in [0, 0.05) is 38.2 Å². The van der Waals surface area contributed by atoms with Crippen molar-refractivity contribution >= 4 is 0 Å². The number of nitrogens with zero attached hydrogens (tertiary/aromatic N) is 3. The molecule has 3 heterocycles. The third kappa shape index (κ3) is 2.91. The number of likely N-dealkylation sites (tertiary alicyclic amines) is 1. The maximum absolute atomic E-state index is 4.84. The molecule has 1 fully saturated rings. The molecule has 0 spiro atoms. The van der Waals surface area contributed by atoms with Gasteiger partial charge in [0.25, 0.3) is 0 Å². The van der Waals surface area contributed by atoms with E-state index in [4.69, 9.17) is 4.98 Å². The van der Waals surface area contributed by atoms with Gasteiger partial charge in [-0.1, -0.05) is 6.92 Å². The Kier molecular flexibility index (Phi) is 4.41. The third-order valence-corrected chi connectivity index (χ3v) is 4.98. The predicted molar refractivity (Wildman–Crippen MR) is 81.9 cm³/mol. The van der Waals surface area contributed by atoms with Crippen LogP contribution in [0, 0.1) is 5.92 Å². The van der Waals surface area contributed by atoms with Gasteiger partial charge in [0.2, 0.25) is 0 Å². The molecule has 1 aromatic heterocycles. The van der Waals surface area contributed by atoms with Crippen LogP contribution in [0.4, 0.5) is 0 Å². The van der Waals surface area contributed by atoms with Crippen molar-refractivity contribution in [2.24, 2.45) is 5.92 Å². The molecule has 0 saturated carbocycles. The second kappa shape index (κ2) is 6.27. The zero-order chi connectivity index (χ0) is 13.9. The van der Waals surface area contributed by atoms with Gasteiger partial charge in [0.05, 0.1) is 5.69 Å². The molecular weight excluding hydrogens is 248 g/mol. The molecule has 0 radical (unpaired) electrons. The third-order valence-electron chi connectivity index (χ3n) is 4.98. The van der Waals surface area contributed by atoms with Crippen LogP contribution in [0.25, 0.3) is 0 Å². The summed E-state index contributed by atoms with van der Waals surface area (Å²) in [5.74, 6) is 2.21. The number of hydrogen-bond donors (Lipinski definition) is 1. The van der Waals surface area contributed by atoms with Gasteiger partial charge in [-0.25, -0.2) is 4.98 Å². The minimum absolute atomic E-state index is 0.913. The highest BCUT2D eigenvalue weighted by Crippen LogP contribution is 2.23. The molecule has 0 unspecified atom stereocenters. The summed E-state index contributed by atoms with van der Waals surface area (Å²) in [6.45, 7) is 8.03. The summed E-state index contributed by atoms with van der Waals surface area (Å²) in [6.07, 6.45) is 6.28. The summed E-state index contributed by atoms with van der Waals surface area (Å²) in [5.41, 5.74) is 2.81. The first-order valence-electron chi connectivity index (χ1n) is 8.24. The average Bonchev–Trinajstić information content (AvgIpc) is 2.84. The average molecular weight is 276 g/mol. The van der Waals surface area contributed by atoms with Crippen LogP contribution in [-0.4, -0.2) is 41.1 Å². The fraction of sp³-hybridized carbons (Fsp3) is 0.812. The van der Waals surface area contributed by atoms with Gasteiger partial charge in [0.15, 0.2) is 0 Å². The highest BCUT2D eigenvalue weighted by molar-refractivity contribution is 5.20. The van der Waals surface area contributed by atoms with Gasteiger partial charge < -0.3 is 14.8 Å². The molecule has 1 aromatic rings. The van der Waals surface area contributed by atoms with E-state index in [1.807, 2.05) is 0 Å². The summed E-state index contributed by atoms with van der Waals surface area (Å²) < 4.78 is 2.54. The molecular formula is C16H28N4. The van der Waals surface area contributed by atoms with E-state index in [2.05, 4.69) is 28.8 Å². The van der Waals surface area contributed by atoms with Crippen molar-refractivity contribution in [3.63, 3.8) is 0 Å². The van der Waals surface area contributed by atoms with Crippen molar-refractivity contribution < 1.29 is 0 Å². The number of imidazole rings is 1. The van der Waals surface area contributed by atoms with Crippen molar-refractivity contribution in [2.75, 3.05) is 26.7 Å². The van der Waals surface area contributed by atoms with E-state index in [1.165, 1.54) is 56.1 Å². The number of aryl methyl sites for hydroxylation is 1. The van der Waals surface area contributed by atoms with Gasteiger partial charge in [0.1, 0.15) is 5.82 Å². The lowest BCUT2D eigenvalue weighted by Crippen LogP contribution is -2.31. The first-order valence-corrected chi connectivity index (χ1v) is 8.24. The standard InChI is InChI=1S/C16H28N4/c1-3-16-18-14-12-17-8-4-15(14)20(16)11-7-13-5-9-19(2)10-6-13/h13,17H,3-12H2,1-2H3. The van der Waals surface area contributed by atoms with Gasteiger partial charge in [-0.15, -0.1) is 0 Å². The lowest BCUT2D eigenvalue weighted by Gasteiger charge is -2.29. The Bertz CT molecular complexity index is 444. The lowest BCUT2D eigenvalue weighted by atomic mass is 9.94. The van der Waals surface area contributed by atoms with Crippen LogP contribution >= 0.6 is 0 Å². The molecule has 0 bridgehead atoms. The van der Waals surface area contributed by atoms with E-state index in [9.17, 15) is 0 Å². The second-order valence-corrected chi connectivity index (χ2v) is 6.39. The highest BCUT2D eigenvalue weighted by atomic mass is 15.1. The van der Waals surface area contributed by atoms with Crippen LogP contribution < -0.4 is 5.32 Å². The van der Waals surface area contributed by atoms with Crippen LogP contribution in [0.2, 0.25) is 0 Å². The molecule has 1 N–H and O–H groups in total. The first kappa shape index (κ1) is 14.1. The zero-order valence-corrected chi connectivity index (χ0v) is 13.0. The van der Waals surface area contributed by atoms with Crippen molar-refractivity contribution in [3.8, 4) is 0 Å². The predicted octanol–water partition coefficient (Wildman–Crippen LogP) is 1.82. The van der Waals surface area contributed by atoms with Crippen LogP contribution in [0.5, 0.6) is 0 Å². The lowest BCUT2D eigenvalue weighted by molar-refractivity contribution is 0.207. The maximum atomic E-state index is 4.84. The summed E-state index contributed by atoms with van der Waals surface area (Å²) in [7, 11) is 2.24. The van der Waals surface area contributed by atoms with Crippen molar-refractivity contribution in [3.05, 3.63) is 17.2 Å². The van der Waals surface area contributed by atoms with Gasteiger partial charge in [-0.2, -0.15) is 0 Å². The number of piperidine rings is 1. The topological polar surface area (TPSA) is 33.1 Å². The molecule has 2 aliphatic heterocycles. The Morgan fingerprint density at radius 2 is 2.10 bits per heavy atom. The Morgan fingerprint density at radius 1 is 1.30 bits per heavy atom. The number of fused-ring (bicyclic) bond motifs is 1. The molecule has 0 aromatic carbocycles. The first-order chi connectivity index (χ1) is 9.78. The number of nitrogens with one attached hydrogen (secondary N) is 1. The molecule has 1 saturated heterocycles. The van der Waals surface area contributed by atoms with E-state index in [1.54, 1.807) is 0 Å². The van der Waals surface area contributed by atoms with Gasteiger partial charge in [-0.05, 0) is 45.3 Å². The van der Waals surface area contributed by atoms with E-state index in [0.29, 0.717) is 0 Å². The van der Waals surface area contributed by atoms with E-state index in [0.717, 1.165) is 31.8 Å². The van der Waals surface area contributed by atoms with Crippen molar-refractivity contribution in [2.45, 2.75) is 52.1 Å². The summed E-state index contributed by atoms with van der Waals surface area (Å²) in [4.78, 5) is 7.29. The van der Waals surface area contributed by atoms with Crippen molar-refractivity contribution in [1.29, 1.82) is 0 Å². The normalized spacial score (nSPS) is 21.1. The fourth-order valence-electron chi connectivity index (χ4n) is 3.62. The summed E-state index contributed by atoms with van der Waals surface area (Å²) >= 11 is 0. The Morgan fingerprint density at radius 3 is 2.85 bits per heavy atom. The highest BCUT2D eigenvalue weighted by Gasteiger charge is 2.21. The SMILES string of the molecule is CCc1nc2c(n1CCC1CCN(C)CC1)CCNC2. The molecule has 3 rings (SSSR count). The smallest absolute Gasteiger partial charge is 0.108 e. The van der Waals surface area contributed by atoms with Crippen LogP contribution in [0.3, 0.4) is 0 Å². The quantitative estimate of drug-likeness (QED) is 0.910. The summed E-state index contributed by atoms with van der Waals surface area (Å²) in [5, 5.41) is 3.43. The Labute approximate surface area is 122 Å². The Balaban J connectivity index is 1.66. The van der Waals surface area contributed by atoms with E-state index in [-0.39, 0.29) is 0 Å². The largest absolute Gasteiger partial charge is 0.332 e. The molecule has 0 amide bonds. The van der Waals surface area contributed by atoms with Crippen molar-refractivity contribution in [1.82, 2.24) is 19.8 Å². The number of rotatable bonds is 4. The van der Waals surface area contributed by atoms with Crippen LogP contribution in [0.15, 0.2) is 0 Å². The number of hydrogen-bond acceptors (Lipinski definition) is 3. The summed E-state index contributed by atoms with van der Waals surface area (Å²) in [6, 6.07) is 0. The molecule has 112 valence electrons. The molecule has 0 aliphatic carbocycles. The minimum Gasteiger partial charge on any atom is -0.332 e. The molecule has 0 atom stereocenters. The molecule has 2 aliphatic rings. The molecule has 20 heavy (non-hydrogen) atoms. The monoisotopic (exact) mass is 276 g/mol. The minimum atomic E-state index is 0.913. The fourth-order valence-corrected chi connectivity index (χ4v) is 3.62. The molecule has 4 nitrogen and oxygen atoms in total. The van der Waals surface area contributed by atoms with Crippen LogP contribution in [0.1, 0.15) is 43.4 Å².